The molecule has 0 aromatic rings. The molecule has 40 valence electrons. The SMILES string of the molecule is O=C([O-])[O-].[Ca+2].[Ca+2].[Ca+2].[Cl-].[OH-]. The average Bonchev–Trinajstić information content (AvgIpc) is 0.811. The molecule has 9 heavy (non-hydrogen) atoms. The van der Waals surface area contributed by atoms with E-state index in [-0.39, 0.29) is 131 Å². The third-order valence-corrected chi connectivity index (χ3v) is 0. The van der Waals surface area contributed by atoms with Crippen LogP contribution in [0.5, 0.6) is 0 Å². The summed E-state index contributed by atoms with van der Waals surface area (Å²) in [6.45, 7) is 0. The zero-order chi connectivity index (χ0) is 3.58. The first-order valence-electron chi connectivity index (χ1n) is 0.612. The molecule has 0 atom stereocenters. The number of carbonyl (C=O) groups is 1. The summed E-state index contributed by atoms with van der Waals surface area (Å²) in [5, 5.41) is 16.7. The Hall–Kier alpha value is 3.30. The maximum absolute atomic E-state index is 8.33. The van der Waals surface area contributed by atoms with Gasteiger partial charge in [-0.05, 0) is 6.16 Å². The van der Waals surface area contributed by atoms with E-state index in [2.05, 4.69) is 0 Å². The Labute approximate surface area is 148 Å². The summed E-state index contributed by atoms with van der Waals surface area (Å²) in [6.07, 6.45) is -2.33. The topological polar surface area (TPSA) is 93.2 Å². The van der Waals surface area contributed by atoms with Gasteiger partial charge >= 0.3 is 113 Å². The van der Waals surface area contributed by atoms with Crippen molar-refractivity contribution in [1.82, 2.24) is 0 Å². The summed E-state index contributed by atoms with van der Waals surface area (Å²) < 4.78 is 0. The van der Waals surface area contributed by atoms with Crippen LogP contribution in [0.15, 0.2) is 0 Å². The van der Waals surface area contributed by atoms with E-state index in [0.29, 0.717) is 0 Å². The van der Waals surface area contributed by atoms with Crippen molar-refractivity contribution in [3.05, 3.63) is 0 Å². The molecule has 0 aliphatic carbocycles. The minimum Gasteiger partial charge on any atom is -1.00 e. The van der Waals surface area contributed by atoms with Gasteiger partial charge < -0.3 is 32.9 Å². The summed E-state index contributed by atoms with van der Waals surface area (Å²) >= 11 is 0. The van der Waals surface area contributed by atoms with Gasteiger partial charge in [-0.25, -0.2) is 0 Å². The third kappa shape index (κ3) is 89.8. The van der Waals surface area contributed by atoms with Gasteiger partial charge in [0, 0.05) is 0 Å². The van der Waals surface area contributed by atoms with E-state index in [1.807, 2.05) is 0 Å². The van der Waals surface area contributed by atoms with Crippen molar-refractivity contribution in [2.45, 2.75) is 0 Å². The minimum atomic E-state index is -2.33. The molecular weight excluding hydrogens is 232 g/mol. The molecule has 0 rings (SSSR count). The van der Waals surface area contributed by atoms with Crippen LogP contribution in [0.25, 0.3) is 0 Å². The molecule has 0 bridgehead atoms. The molecule has 0 aliphatic heterocycles. The molecule has 0 heterocycles. The zero-order valence-corrected chi connectivity index (χ0v) is 12.1. The van der Waals surface area contributed by atoms with Crippen LogP contribution in [-0.2, 0) is 0 Å². The summed E-state index contributed by atoms with van der Waals surface area (Å²) in [6, 6.07) is 0. The van der Waals surface area contributed by atoms with E-state index in [1.165, 1.54) is 0 Å². The van der Waals surface area contributed by atoms with E-state index in [0.717, 1.165) is 0 Å². The molecule has 0 spiro atoms. The number of hydrogen-bond donors (Lipinski definition) is 0. The number of rotatable bonds is 0. The van der Waals surface area contributed by atoms with Crippen LogP contribution in [0.1, 0.15) is 0 Å². The molecule has 0 fully saturated rings. The Morgan fingerprint density at radius 2 is 1.00 bits per heavy atom. The molecule has 0 saturated carbocycles. The summed E-state index contributed by atoms with van der Waals surface area (Å²) in [7, 11) is 0. The maximum atomic E-state index is 8.33. The average molecular weight is 233 g/mol. The molecule has 0 saturated heterocycles. The van der Waals surface area contributed by atoms with Gasteiger partial charge in [0.1, 0.15) is 0 Å². The fourth-order valence-electron chi connectivity index (χ4n) is 0. The van der Waals surface area contributed by atoms with Crippen LogP contribution < -0.4 is 22.6 Å². The Morgan fingerprint density at radius 1 is 1.00 bits per heavy atom. The van der Waals surface area contributed by atoms with Crippen LogP contribution in [0, 0.1) is 0 Å². The van der Waals surface area contributed by atoms with E-state index >= 15 is 0 Å². The second kappa shape index (κ2) is 30.2. The maximum Gasteiger partial charge on any atom is 2.00 e. The van der Waals surface area contributed by atoms with E-state index < -0.39 is 6.16 Å². The van der Waals surface area contributed by atoms with Crippen LogP contribution in [-0.4, -0.2) is 125 Å². The third-order valence-electron chi connectivity index (χ3n) is 0. The first-order chi connectivity index (χ1) is 1.73. The van der Waals surface area contributed by atoms with E-state index in [4.69, 9.17) is 15.0 Å². The summed E-state index contributed by atoms with van der Waals surface area (Å²) in [4.78, 5) is 8.33. The Balaban J connectivity index is -0.00000000450. The standard InChI is InChI=1S/CH2O3.3Ca.ClH.H2O/c2-1(3)4;;;;;/h(H2,2,3,4);;;;1H;1H2/q;3*+2;;/p-4. The molecule has 0 aliphatic rings. The van der Waals surface area contributed by atoms with Crippen molar-refractivity contribution in [3.63, 3.8) is 0 Å². The number of carbonyl (C=O) groups excluding carboxylic acids is 1. The molecule has 8 heteroatoms. The second-order valence-electron chi connectivity index (χ2n) is 0.250. The van der Waals surface area contributed by atoms with Gasteiger partial charge in [0.05, 0.1) is 0 Å². The van der Waals surface area contributed by atoms with Crippen molar-refractivity contribution in [2.24, 2.45) is 0 Å². The summed E-state index contributed by atoms with van der Waals surface area (Å²) in [5.41, 5.74) is 0. The molecule has 0 radical (unpaired) electrons. The Bertz CT molecular complexity index is 38.8. The van der Waals surface area contributed by atoms with Gasteiger partial charge in [0.2, 0.25) is 0 Å². The minimum absolute atomic E-state index is 0. The second-order valence-corrected chi connectivity index (χ2v) is 0.250. The van der Waals surface area contributed by atoms with E-state index in [1.54, 1.807) is 0 Å². The van der Waals surface area contributed by atoms with Crippen molar-refractivity contribution in [3.8, 4) is 0 Å². The first-order valence-corrected chi connectivity index (χ1v) is 0.612. The predicted octanol–water partition coefficient (Wildman–Crippen LogP) is -6.76. The monoisotopic (exact) mass is 232 g/mol. The Morgan fingerprint density at radius 3 is 1.00 bits per heavy atom. The van der Waals surface area contributed by atoms with Crippen molar-refractivity contribution < 1.29 is 32.9 Å². The Kier molecular flexibility index (Phi) is 133. The summed E-state index contributed by atoms with van der Waals surface area (Å²) in [5.74, 6) is 0. The fraction of sp³-hybridized carbons (Fsp3) is 0. The molecule has 0 unspecified atom stereocenters. The van der Waals surface area contributed by atoms with Crippen molar-refractivity contribution in [1.29, 1.82) is 0 Å². The molecule has 0 amide bonds. The van der Waals surface area contributed by atoms with Gasteiger partial charge in [0.25, 0.3) is 0 Å². The number of carboxylic acid groups (broad SMARTS) is 2. The van der Waals surface area contributed by atoms with Crippen LogP contribution >= 0.6 is 0 Å². The quantitative estimate of drug-likeness (QED) is 0.388. The van der Waals surface area contributed by atoms with E-state index in [9.17, 15) is 0 Å². The normalized spacial score (nSPS) is 2.67. The predicted molar refractivity (Wildman–Crippen MR) is 24.6 cm³/mol. The smallest absolute Gasteiger partial charge is 1.00 e. The zero-order valence-electron chi connectivity index (χ0n) is 4.67. The number of hydrogen-bond acceptors (Lipinski definition) is 4. The molecular formula is CHCa3ClO4+2. The van der Waals surface area contributed by atoms with Crippen LogP contribution in [0.3, 0.4) is 0 Å². The fourth-order valence-corrected chi connectivity index (χ4v) is 0. The van der Waals surface area contributed by atoms with Gasteiger partial charge in [-0.15, -0.1) is 0 Å². The largest absolute Gasteiger partial charge is 2.00 e. The molecule has 1 N–H and O–H groups in total. The number of halogens is 1. The first kappa shape index (κ1) is 39.6. The molecule has 4 nitrogen and oxygen atoms in total. The molecule has 0 aromatic carbocycles. The van der Waals surface area contributed by atoms with Crippen LogP contribution in [0.2, 0.25) is 0 Å². The van der Waals surface area contributed by atoms with Crippen molar-refractivity contribution in [2.75, 3.05) is 0 Å². The van der Waals surface area contributed by atoms with Gasteiger partial charge in [-0.1, -0.05) is 0 Å². The van der Waals surface area contributed by atoms with Crippen molar-refractivity contribution >= 4 is 119 Å². The van der Waals surface area contributed by atoms with Gasteiger partial charge in [-0.3, -0.25) is 0 Å². The molecule has 0 aromatic heterocycles. The van der Waals surface area contributed by atoms with Crippen LogP contribution in [0.4, 0.5) is 4.79 Å². The van der Waals surface area contributed by atoms with Gasteiger partial charge in [-0.2, -0.15) is 0 Å². The van der Waals surface area contributed by atoms with Gasteiger partial charge in [0.15, 0.2) is 0 Å².